The highest BCUT2D eigenvalue weighted by Crippen LogP contribution is 2.29. The van der Waals surface area contributed by atoms with Crippen molar-refractivity contribution in [2.24, 2.45) is 11.1 Å². The minimum Gasteiger partial charge on any atom is -0.494 e. The van der Waals surface area contributed by atoms with Crippen molar-refractivity contribution in [3.63, 3.8) is 0 Å². The predicted molar refractivity (Wildman–Crippen MR) is 78.8 cm³/mol. The molecule has 2 N–H and O–H groups in total. The number of ether oxygens (including phenoxy) is 1. The number of alkyl halides is 1. The lowest BCUT2D eigenvalue weighted by molar-refractivity contribution is -0.126. The molecule has 0 saturated heterocycles. The molecule has 5 nitrogen and oxygen atoms in total. The molecular formula is C14H17ClFN3O2. The molecule has 0 bridgehead atoms. The fraction of sp³-hybridized carbons (Fsp3) is 0.429. The van der Waals surface area contributed by atoms with Crippen LogP contribution in [0.3, 0.4) is 0 Å². The van der Waals surface area contributed by atoms with Crippen molar-refractivity contribution in [1.82, 2.24) is 9.55 Å². The minimum absolute atomic E-state index is 0.113. The molecule has 2 aromatic rings. The number of hydrogen-bond donors (Lipinski definition) is 1. The Balaban J connectivity index is 2.62. The topological polar surface area (TPSA) is 70.1 Å². The van der Waals surface area contributed by atoms with Crippen LogP contribution in [0.4, 0.5) is 4.39 Å². The lowest BCUT2D eigenvalue weighted by Crippen LogP contribution is -2.35. The third-order valence-corrected chi connectivity index (χ3v) is 3.68. The van der Waals surface area contributed by atoms with Crippen LogP contribution in [0.2, 0.25) is 0 Å². The van der Waals surface area contributed by atoms with Crippen LogP contribution in [-0.4, -0.2) is 22.6 Å². The summed E-state index contributed by atoms with van der Waals surface area (Å²) in [6.07, 6.45) is 0. The quantitative estimate of drug-likeness (QED) is 0.862. The Morgan fingerprint density at radius 2 is 2.19 bits per heavy atom. The number of carbonyl (C=O) groups is 1. The number of fused-ring (bicyclic) bond motifs is 1. The van der Waals surface area contributed by atoms with Crippen LogP contribution in [0, 0.1) is 11.2 Å². The Labute approximate surface area is 126 Å². The summed E-state index contributed by atoms with van der Waals surface area (Å²) in [5, 5.41) is 0. The Kier molecular flexibility index (Phi) is 4.09. The van der Waals surface area contributed by atoms with Crippen molar-refractivity contribution in [3.05, 3.63) is 23.8 Å². The predicted octanol–water partition coefficient (Wildman–Crippen LogP) is 2.43. The van der Waals surface area contributed by atoms with Crippen LogP contribution in [0.15, 0.2) is 12.1 Å². The van der Waals surface area contributed by atoms with Crippen molar-refractivity contribution in [2.45, 2.75) is 26.3 Å². The highest BCUT2D eigenvalue weighted by Gasteiger charge is 2.28. The zero-order valence-electron chi connectivity index (χ0n) is 12.1. The second kappa shape index (κ2) is 5.52. The molecule has 1 heterocycles. The smallest absolute Gasteiger partial charge is 0.224 e. The third kappa shape index (κ3) is 2.81. The fourth-order valence-electron chi connectivity index (χ4n) is 2.08. The van der Waals surface area contributed by atoms with Gasteiger partial charge in [-0.3, -0.25) is 4.79 Å². The number of methoxy groups -OCH3 is 1. The van der Waals surface area contributed by atoms with E-state index in [1.807, 2.05) is 0 Å². The molecule has 0 radical (unpaired) electrons. The molecule has 0 fully saturated rings. The average molecular weight is 314 g/mol. The number of benzene rings is 1. The van der Waals surface area contributed by atoms with E-state index >= 15 is 0 Å². The summed E-state index contributed by atoms with van der Waals surface area (Å²) in [5.74, 6) is -0.118. The zero-order chi connectivity index (χ0) is 15.8. The summed E-state index contributed by atoms with van der Waals surface area (Å²) < 4.78 is 20.5. The van der Waals surface area contributed by atoms with Gasteiger partial charge in [-0.2, -0.15) is 0 Å². The van der Waals surface area contributed by atoms with E-state index in [4.69, 9.17) is 22.1 Å². The van der Waals surface area contributed by atoms with Gasteiger partial charge in [0, 0.05) is 18.7 Å². The molecule has 1 amide bonds. The van der Waals surface area contributed by atoms with E-state index in [-0.39, 0.29) is 11.6 Å². The summed E-state index contributed by atoms with van der Waals surface area (Å²) in [5.41, 5.74) is 5.74. The van der Waals surface area contributed by atoms with Gasteiger partial charge in [0.2, 0.25) is 5.91 Å². The van der Waals surface area contributed by atoms with Gasteiger partial charge in [-0.1, -0.05) is 0 Å². The highest BCUT2D eigenvalue weighted by molar-refractivity contribution is 6.16. The maximum absolute atomic E-state index is 13.7. The number of rotatable bonds is 5. The lowest BCUT2D eigenvalue weighted by atomic mass is 9.92. The van der Waals surface area contributed by atoms with Crippen LogP contribution in [0.5, 0.6) is 5.75 Å². The van der Waals surface area contributed by atoms with Crippen LogP contribution >= 0.6 is 11.6 Å². The number of imidazole rings is 1. The largest absolute Gasteiger partial charge is 0.494 e. The maximum Gasteiger partial charge on any atom is 0.224 e. The summed E-state index contributed by atoms with van der Waals surface area (Å²) in [6, 6.07) is 2.84. The second-order valence-electron chi connectivity index (χ2n) is 5.47. The van der Waals surface area contributed by atoms with E-state index in [1.54, 1.807) is 24.5 Å². The standard InChI is InChI=1S/C14H17ClFN3O2/c1-14(2,13(17)20)7-19-10-5-11(21-3)8(16)4-9(10)18-12(19)6-15/h4-5H,6-7H2,1-3H3,(H2,17,20). The SMILES string of the molecule is COc1cc2c(cc1F)nc(CCl)n2CC(C)(C)C(N)=O. The second-order valence-corrected chi connectivity index (χ2v) is 5.74. The molecule has 21 heavy (non-hydrogen) atoms. The molecule has 114 valence electrons. The molecule has 1 aromatic heterocycles. The zero-order valence-corrected chi connectivity index (χ0v) is 12.9. The minimum atomic E-state index is -0.782. The average Bonchev–Trinajstić information content (AvgIpc) is 2.74. The molecule has 0 aliphatic heterocycles. The Morgan fingerprint density at radius 1 is 1.52 bits per heavy atom. The van der Waals surface area contributed by atoms with Gasteiger partial charge in [-0.25, -0.2) is 9.37 Å². The molecule has 2 rings (SSSR count). The van der Waals surface area contributed by atoms with Gasteiger partial charge in [0.15, 0.2) is 11.6 Å². The third-order valence-electron chi connectivity index (χ3n) is 3.44. The van der Waals surface area contributed by atoms with E-state index in [1.165, 1.54) is 13.2 Å². The number of nitrogens with zero attached hydrogens (tertiary/aromatic N) is 2. The Hall–Kier alpha value is -1.82. The molecule has 0 aliphatic rings. The van der Waals surface area contributed by atoms with Gasteiger partial charge in [-0.15, -0.1) is 11.6 Å². The summed E-state index contributed by atoms with van der Waals surface area (Å²) in [4.78, 5) is 15.8. The van der Waals surface area contributed by atoms with E-state index < -0.39 is 17.1 Å². The lowest BCUT2D eigenvalue weighted by Gasteiger charge is -2.22. The Bertz CT molecular complexity index is 697. The van der Waals surface area contributed by atoms with Crippen molar-refractivity contribution in [1.29, 1.82) is 0 Å². The van der Waals surface area contributed by atoms with Gasteiger partial charge in [0.1, 0.15) is 5.82 Å². The number of hydrogen-bond acceptors (Lipinski definition) is 3. The molecule has 1 aromatic carbocycles. The van der Waals surface area contributed by atoms with Gasteiger partial charge in [0.05, 0.1) is 29.4 Å². The normalized spacial score (nSPS) is 11.9. The molecular weight excluding hydrogens is 297 g/mol. The van der Waals surface area contributed by atoms with E-state index in [0.29, 0.717) is 23.4 Å². The maximum atomic E-state index is 13.7. The highest BCUT2D eigenvalue weighted by atomic mass is 35.5. The van der Waals surface area contributed by atoms with Gasteiger partial charge in [-0.05, 0) is 13.8 Å². The molecule has 0 unspecified atom stereocenters. The van der Waals surface area contributed by atoms with Crippen molar-refractivity contribution >= 4 is 28.5 Å². The number of nitrogens with two attached hydrogens (primary N) is 1. The van der Waals surface area contributed by atoms with Gasteiger partial charge >= 0.3 is 0 Å². The van der Waals surface area contributed by atoms with Crippen molar-refractivity contribution < 1.29 is 13.9 Å². The van der Waals surface area contributed by atoms with Crippen molar-refractivity contribution in [3.8, 4) is 5.75 Å². The summed E-state index contributed by atoms with van der Waals surface area (Å²) in [6.45, 7) is 3.77. The molecule has 0 saturated carbocycles. The van der Waals surface area contributed by atoms with E-state index in [9.17, 15) is 9.18 Å². The van der Waals surface area contributed by atoms with E-state index in [2.05, 4.69) is 4.98 Å². The first-order valence-corrected chi connectivity index (χ1v) is 6.92. The first-order chi connectivity index (χ1) is 9.80. The summed E-state index contributed by atoms with van der Waals surface area (Å²) >= 11 is 5.90. The monoisotopic (exact) mass is 313 g/mol. The van der Waals surface area contributed by atoms with E-state index in [0.717, 1.165) is 0 Å². The molecule has 0 aliphatic carbocycles. The number of halogens is 2. The van der Waals surface area contributed by atoms with Crippen molar-refractivity contribution in [2.75, 3.05) is 7.11 Å². The van der Waals surface area contributed by atoms with Gasteiger partial charge in [0.25, 0.3) is 0 Å². The molecule has 0 spiro atoms. The number of aromatic nitrogens is 2. The summed E-state index contributed by atoms with van der Waals surface area (Å²) in [7, 11) is 1.39. The first kappa shape index (κ1) is 15.6. The van der Waals surface area contributed by atoms with Crippen LogP contribution in [-0.2, 0) is 17.2 Å². The van der Waals surface area contributed by atoms with Crippen LogP contribution in [0.1, 0.15) is 19.7 Å². The van der Waals surface area contributed by atoms with Crippen LogP contribution in [0.25, 0.3) is 11.0 Å². The number of primary amides is 1. The number of carbonyl (C=O) groups excluding carboxylic acids is 1. The van der Waals surface area contributed by atoms with Crippen LogP contribution < -0.4 is 10.5 Å². The molecule has 0 atom stereocenters. The Morgan fingerprint density at radius 3 is 2.71 bits per heavy atom. The fourth-order valence-corrected chi connectivity index (χ4v) is 2.29. The first-order valence-electron chi connectivity index (χ1n) is 6.38. The van der Waals surface area contributed by atoms with Gasteiger partial charge < -0.3 is 15.0 Å². The molecule has 7 heteroatoms. The number of amides is 1.